The second-order valence-electron chi connectivity index (χ2n) is 7.12. The average Bonchev–Trinajstić information content (AvgIpc) is 3.41. The molecule has 3 heterocycles. The van der Waals surface area contributed by atoms with Crippen LogP contribution in [0.25, 0.3) is 10.9 Å². The third-order valence-electron chi connectivity index (χ3n) is 5.08. The van der Waals surface area contributed by atoms with Crippen molar-refractivity contribution in [2.75, 3.05) is 27.4 Å². The molecule has 4 rings (SSSR count). The van der Waals surface area contributed by atoms with E-state index in [2.05, 4.69) is 14.9 Å². The number of benzene rings is 1. The first-order valence-corrected chi connectivity index (χ1v) is 9.67. The fourth-order valence-electron chi connectivity index (χ4n) is 3.69. The van der Waals surface area contributed by atoms with Gasteiger partial charge in [0.2, 0.25) is 0 Å². The van der Waals surface area contributed by atoms with Crippen LogP contribution in [0.3, 0.4) is 0 Å². The molecule has 1 saturated heterocycles. The van der Waals surface area contributed by atoms with E-state index in [0.717, 1.165) is 31.8 Å². The Hall–Kier alpha value is -2.84. The highest BCUT2D eigenvalue weighted by Gasteiger charge is 2.21. The summed E-state index contributed by atoms with van der Waals surface area (Å²) in [6.07, 6.45) is 3.95. The summed E-state index contributed by atoms with van der Waals surface area (Å²) in [5.74, 6) is 2.48. The van der Waals surface area contributed by atoms with E-state index in [0.29, 0.717) is 41.3 Å². The standard InChI is InChI=1S/C21H25N3O5/c1-26-18-9-16-17(10-19(18)27-2)22-20(23-21(16)25)13-24(11-14-5-3-7-28-14)12-15-6-4-8-29-15/h3,5,7,9-10,15H,4,6,8,11-13H2,1-2H3,(H,22,23,25). The van der Waals surface area contributed by atoms with E-state index in [1.165, 1.54) is 7.11 Å². The van der Waals surface area contributed by atoms with Crippen LogP contribution in [0.2, 0.25) is 0 Å². The Balaban J connectivity index is 1.62. The Morgan fingerprint density at radius 1 is 1.24 bits per heavy atom. The van der Waals surface area contributed by atoms with Crippen LogP contribution in [0.5, 0.6) is 11.5 Å². The van der Waals surface area contributed by atoms with Crippen LogP contribution in [-0.2, 0) is 17.8 Å². The van der Waals surface area contributed by atoms with Crippen molar-refractivity contribution in [3.63, 3.8) is 0 Å². The molecule has 1 aliphatic heterocycles. The van der Waals surface area contributed by atoms with Crippen molar-refractivity contribution in [2.45, 2.75) is 32.0 Å². The minimum atomic E-state index is -0.207. The highest BCUT2D eigenvalue weighted by atomic mass is 16.5. The topological polar surface area (TPSA) is 89.8 Å². The molecule has 1 unspecified atom stereocenters. The number of ether oxygens (including phenoxy) is 3. The fraction of sp³-hybridized carbons (Fsp3) is 0.429. The predicted octanol–water partition coefficient (Wildman–Crippen LogP) is 2.71. The molecule has 8 heteroatoms. The number of nitrogens with one attached hydrogen (secondary N) is 1. The molecule has 154 valence electrons. The minimum absolute atomic E-state index is 0.182. The second-order valence-corrected chi connectivity index (χ2v) is 7.12. The van der Waals surface area contributed by atoms with Crippen molar-refractivity contribution in [3.8, 4) is 11.5 Å². The van der Waals surface area contributed by atoms with Crippen LogP contribution in [-0.4, -0.2) is 48.3 Å². The maximum atomic E-state index is 12.7. The lowest BCUT2D eigenvalue weighted by Gasteiger charge is -2.24. The lowest BCUT2D eigenvalue weighted by molar-refractivity contribution is 0.0646. The van der Waals surface area contributed by atoms with Crippen LogP contribution < -0.4 is 15.0 Å². The van der Waals surface area contributed by atoms with Gasteiger partial charge in [0, 0.05) is 19.2 Å². The SMILES string of the molecule is COc1cc2nc(CN(Cc3ccco3)CC3CCCO3)[nH]c(=O)c2cc1OC. The molecule has 2 aromatic heterocycles. The molecule has 1 fully saturated rings. The summed E-state index contributed by atoms with van der Waals surface area (Å²) in [5.41, 5.74) is 0.359. The number of H-pyrrole nitrogens is 1. The maximum Gasteiger partial charge on any atom is 0.258 e. The highest BCUT2D eigenvalue weighted by Crippen LogP contribution is 2.30. The Bertz CT molecular complexity index is 1010. The summed E-state index contributed by atoms with van der Waals surface area (Å²) < 4.78 is 21.9. The lowest BCUT2D eigenvalue weighted by atomic mass is 10.2. The smallest absolute Gasteiger partial charge is 0.258 e. The van der Waals surface area contributed by atoms with E-state index in [9.17, 15) is 4.79 Å². The van der Waals surface area contributed by atoms with Crippen molar-refractivity contribution in [3.05, 3.63) is 52.5 Å². The van der Waals surface area contributed by atoms with E-state index in [-0.39, 0.29) is 11.7 Å². The van der Waals surface area contributed by atoms with Crippen molar-refractivity contribution in [1.82, 2.24) is 14.9 Å². The average molecular weight is 399 g/mol. The molecular formula is C21H25N3O5. The van der Waals surface area contributed by atoms with Crippen molar-refractivity contribution < 1.29 is 18.6 Å². The van der Waals surface area contributed by atoms with Gasteiger partial charge in [-0.3, -0.25) is 9.69 Å². The quantitative estimate of drug-likeness (QED) is 0.623. The van der Waals surface area contributed by atoms with Crippen LogP contribution in [0.1, 0.15) is 24.4 Å². The number of fused-ring (bicyclic) bond motifs is 1. The first-order chi connectivity index (χ1) is 14.2. The van der Waals surface area contributed by atoms with Crippen LogP contribution in [0.15, 0.2) is 39.7 Å². The normalized spacial score (nSPS) is 16.6. The highest BCUT2D eigenvalue weighted by molar-refractivity contribution is 5.81. The van der Waals surface area contributed by atoms with Gasteiger partial charge in [-0.2, -0.15) is 0 Å². The summed E-state index contributed by atoms with van der Waals surface area (Å²) in [6, 6.07) is 7.19. The van der Waals surface area contributed by atoms with Gasteiger partial charge in [0.05, 0.1) is 50.6 Å². The zero-order valence-corrected chi connectivity index (χ0v) is 16.6. The lowest BCUT2D eigenvalue weighted by Crippen LogP contribution is -2.32. The second kappa shape index (κ2) is 8.67. The summed E-state index contributed by atoms with van der Waals surface area (Å²) in [4.78, 5) is 22.4. The number of hydrogen-bond donors (Lipinski definition) is 1. The number of hydrogen-bond acceptors (Lipinski definition) is 7. The summed E-state index contributed by atoms with van der Waals surface area (Å²) in [5, 5.41) is 0.461. The van der Waals surface area contributed by atoms with Crippen LogP contribution in [0, 0.1) is 0 Å². The van der Waals surface area contributed by atoms with Gasteiger partial charge in [-0.1, -0.05) is 0 Å². The Labute approximate surface area is 168 Å². The maximum absolute atomic E-state index is 12.7. The summed E-state index contributed by atoms with van der Waals surface area (Å²) >= 11 is 0. The first kappa shape index (κ1) is 19.5. The monoisotopic (exact) mass is 399 g/mol. The van der Waals surface area contributed by atoms with Crippen molar-refractivity contribution in [1.29, 1.82) is 0 Å². The molecular weight excluding hydrogens is 374 g/mol. The van der Waals surface area contributed by atoms with E-state index < -0.39 is 0 Å². The molecule has 0 amide bonds. The molecule has 0 spiro atoms. The fourth-order valence-corrected chi connectivity index (χ4v) is 3.69. The summed E-state index contributed by atoms with van der Waals surface area (Å²) in [6.45, 7) is 2.63. The van der Waals surface area contributed by atoms with Gasteiger partial charge < -0.3 is 23.6 Å². The number of aromatic amines is 1. The zero-order valence-electron chi connectivity index (χ0n) is 16.6. The molecule has 0 radical (unpaired) electrons. The number of methoxy groups -OCH3 is 2. The molecule has 0 aliphatic carbocycles. The van der Waals surface area contributed by atoms with E-state index in [1.807, 2.05) is 12.1 Å². The Kier molecular flexibility index (Phi) is 5.82. The van der Waals surface area contributed by atoms with Crippen LogP contribution in [0.4, 0.5) is 0 Å². The van der Waals surface area contributed by atoms with E-state index >= 15 is 0 Å². The Morgan fingerprint density at radius 2 is 2.07 bits per heavy atom. The first-order valence-electron chi connectivity index (χ1n) is 9.67. The number of rotatable bonds is 8. The molecule has 1 aliphatic rings. The molecule has 1 N–H and O–H groups in total. The largest absolute Gasteiger partial charge is 0.493 e. The van der Waals surface area contributed by atoms with Gasteiger partial charge >= 0.3 is 0 Å². The molecule has 0 bridgehead atoms. The van der Waals surface area contributed by atoms with Crippen LogP contribution >= 0.6 is 0 Å². The molecule has 3 aromatic rings. The number of furan rings is 1. The third-order valence-corrected chi connectivity index (χ3v) is 5.08. The van der Waals surface area contributed by atoms with Gasteiger partial charge in [-0.15, -0.1) is 0 Å². The number of nitrogens with zero attached hydrogens (tertiary/aromatic N) is 2. The van der Waals surface area contributed by atoms with Gasteiger partial charge in [-0.05, 0) is 31.0 Å². The van der Waals surface area contributed by atoms with E-state index in [4.69, 9.17) is 18.6 Å². The van der Waals surface area contributed by atoms with Gasteiger partial charge in [0.25, 0.3) is 5.56 Å². The third kappa shape index (κ3) is 4.44. The molecule has 29 heavy (non-hydrogen) atoms. The minimum Gasteiger partial charge on any atom is -0.493 e. The van der Waals surface area contributed by atoms with E-state index in [1.54, 1.807) is 25.5 Å². The Morgan fingerprint density at radius 3 is 2.76 bits per heavy atom. The predicted molar refractivity (Wildman–Crippen MR) is 107 cm³/mol. The summed E-state index contributed by atoms with van der Waals surface area (Å²) in [7, 11) is 3.10. The van der Waals surface area contributed by atoms with Crippen molar-refractivity contribution in [2.24, 2.45) is 0 Å². The van der Waals surface area contributed by atoms with Gasteiger partial charge in [0.1, 0.15) is 11.6 Å². The molecule has 1 aromatic carbocycles. The van der Waals surface area contributed by atoms with Crippen molar-refractivity contribution >= 4 is 10.9 Å². The molecule has 8 nitrogen and oxygen atoms in total. The zero-order chi connectivity index (χ0) is 20.2. The molecule has 1 atom stereocenters. The number of aromatic nitrogens is 2. The molecule has 0 saturated carbocycles. The van der Waals surface area contributed by atoms with Gasteiger partial charge in [-0.25, -0.2) is 4.98 Å². The van der Waals surface area contributed by atoms with Gasteiger partial charge in [0.15, 0.2) is 11.5 Å².